The Labute approximate surface area is 123 Å². The number of para-hydroxylation sites is 1. The van der Waals surface area contributed by atoms with Gasteiger partial charge in [-0.3, -0.25) is 0 Å². The fraction of sp³-hybridized carbons (Fsp3) is 0. The molecule has 0 aromatic heterocycles. The van der Waals surface area contributed by atoms with Crippen LogP contribution in [-0.2, 0) is 0 Å². The van der Waals surface area contributed by atoms with Gasteiger partial charge in [0, 0.05) is 0 Å². The van der Waals surface area contributed by atoms with Crippen LogP contribution < -0.4 is 4.74 Å². The van der Waals surface area contributed by atoms with Gasteiger partial charge in [0.15, 0.2) is 28.7 Å². The zero-order valence-electron chi connectivity index (χ0n) is 10.8. The summed E-state index contributed by atoms with van der Waals surface area (Å²) in [5.41, 5.74) is -0.769. The second-order valence-corrected chi connectivity index (χ2v) is 4.21. The second kappa shape index (κ2) is 5.52. The molecule has 0 spiro atoms. The molecule has 22 heavy (non-hydrogen) atoms. The Bertz CT molecular complexity index is 742. The summed E-state index contributed by atoms with van der Waals surface area (Å²) in [6, 6.07) is 5.23. The van der Waals surface area contributed by atoms with Crippen LogP contribution in [0.5, 0.6) is 28.7 Å². The van der Waals surface area contributed by atoms with Crippen LogP contribution in [0.4, 0.5) is 0 Å². The van der Waals surface area contributed by atoms with E-state index in [-0.39, 0.29) is 5.56 Å². The summed E-state index contributed by atoms with van der Waals surface area (Å²) in [5.74, 6) is -5.91. The van der Waals surface area contributed by atoms with Gasteiger partial charge < -0.3 is 30.3 Å². The van der Waals surface area contributed by atoms with Crippen molar-refractivity contribution in [3.8, 4) is 28.7 Å². The fourth-order valence-electron chi connectivity index (χ4n) is 1.66. The maximum absolute atomic E-state index is 11.9. The molecule has 5 N–H and O–H groups in total. The van der Waals surface area contributed by atoms with E-state index < -0.39 is 46.2 Å². The average molecular weight is 306 g/mol. The van der Waals surface area contributed by atoms with Crippen LogP contribution in [0.1, 0.15) is 20.7 Å². The molecule has 2 aromatic rings. The van der Waals surface area contributed by atoms with Gasteiger partial charge in [-0.15, -0.1) is 0 Å². The molecule has 0 heterocycles. The fourth-order valence-corrected chi connectivity index (χ4v) is 1.66. The topological polar surface area (TPSA) is 145 Å². The summed E-state index contributed by atoms with van der Waals surface area (Å²) in [7, 11) is 0. The first-order valence-corrected chi connectivity index (χ1v) is 5.83. The molecule has 114 valence electrons. The normalized spacial score (nSPS) is 10.2. The molecule has 0 atom stereocenters. The van der Waals surface area contributed by atoms with Crippen LogP contribution >= 0.6 is 0 Å². The highest BCUT2D eigenvalue weighted by Crippen LogP contribution is 2.36. The van der Waals surface area contributed by atoms with Gasteiger partial charge in [0.05, 0.1) is 5.56 Å². The molecular weight excluding hydrogens is 296 g/mol. The lowest BCUT2D eigenvalue weighted by atomic mass is 10.1. The molecule has 0 bridgehead atoms. The number of aromatic carboxylic acids is 1. The van der Waals surface area contributed by atoms with E-state index in [0.717, 1.165) is 18.2 Å². The lowest BCUT2D eigenvalue weighted by Gasteiger charge is -2.09. The van der Waals surface area contributed by atoms with E-state index in [1.54, 1.807) is 0 Å². The van der Waals surface area contributed by atoms with Crippen molar-refractivity contribution in [2.75, 3.05) is 0 Å². The van der Waals surface area contributed by atoms with Gasteiger partial charge >= 0.3 is 11.9 Å². The van der Waals surface area contributed by atoms with Gasteiger partial charge in [0.1, 0.15) is 5.56 Å². The number of hydrogen-bond donors (Lipinski definition) is 5. The molecular formula is C14H10O8. The highest BCUT2D eigenvalue weighted by molar-refractivity contribution is 5.95. The highest BCUT2D eigenvalue weighted by atomic mass is 16.5. The molecule has 0 saturated carbocycles. The minimum Gasteiger partial charge on any atom is -0.504 e. The van der Waals surface area contributed by atoms with Crippen molar-refractivity contribution in [3.05, 3.63) is 41.5 Å². The Balaban J connectivity index is 2.34. The minimum absolute atomic E-state index is 0.312. The van der Waals surface area contributed by atoms with Crippen molar-refractivity contribution in [3.63, 3.8) is 0 Å². The number of hydrogen-bond acceptors (Lipinski definition) is 7. The first-order valence-electron chi connectivity index (χ1n) is 5.83. The van der Waals surface area contributed by atoms with E-state index in [4.69, 9.17) is 9.84 Å². The molecule has 0 radical (unpaired) electrons. The molecule has 0 amide bonds. The van der Waals surface area contributed by atoms with E-state index in [1.807, 2.05) is 0 Å². The number of ether oxygens (including phenoxy) is 1. The van der Waals surface area contributed by atoms with Crippen molar-refractivity contribution < 1.29 is 39.9 Å². The van der Waals surface area contributed by atoms with E-state index in [1.165, 1.54) is 12.1 Å². The predicted octanol–water partition coefficient (Wildman–Crippen LogP) is 1.43. The Morgan fingerprint density at radius 1 is 0.909 bits per heavy atom. The number of benzene rings is 2. The van der Waals surface area contributed by atoms with E-state index >= 15 is 0 Å². The number of rotatable bonds is 3. The van der Waals surface area contributed by atoms with Crippen molar-refractivity contribution in [2.24, 2.45) is 0 Å². The lowest BCUT2D eigenvalue weighted by Crippen LogP contribution is -2.09. The molecule has 0 saturated heterocycles. The number of carboxylic acids is 1. The Hall–Kier alpha value is -3.42. The zero-order chi connectivity index (χ0) is 16.4. The monoisotopic (exact) mass is 306 g/mol. The maximum atomic E-state index is 11.9. The van der Waals surface area contributed by atoms with Gasteiger partial charge in [0.2, 0.25) is 0 Å². The molecule has 0 aliphatic carbocycles. The number of esters is 1. The van der Waals surface area contributed by atoms with Crippen LogP contribution in [0.2, 0.25) is 0 Å². The number of carbonyl (C=O) groups is 2. The first kappa shape index (κ1) is 15.0. The van der Waals surface area contributed by atoms with Crippen LogP contribution in [-0.4, -0.2) is 37.5 Å². The number of phenolic OH excluding ortho intramolecular Hbond substituents is 3. The summed E-state index contributed by atoms with van der Waals surface area (Å²) in [6.45, 7) is 0. The van der Waals surface area contributed by atoms with E-state index in [0.29, 0.717) is 0 Å². The summed E-state index contributed by atoms with van der Waals surface area (Å²) in [5, 5.41) is 46.4. The SMILES string of the molecule is O=C(Oc1cccc(C(=O)O)c1O)c1cc(O)c(O)c(O)c1. The smallest absolute Gasteiger partial charge is 0.343 e. The maximum Gasteiger partial charge on any atom is 0.343 e. The minimum atomic E-state index is -1.41. The predicted molar refractivity (Wildman–Crippen MR) is 71.5 cm³/mol. The summed E-state index contributed by atoms with van der Waals surface area (Å²) in [4.78, 5) is 22.7. The van der Waals surface area contributed by atoms with Crippen molar-refractivity contribution in [1.29, 1.82) is 0 Å². The van der Waals surface area contributed by atoms with Gasteiger partial charge in [-0.25, -0.2) is 9.59 Å². The van der Waals surface area contributed by atoms with E-state index in [2.05, 4.69) is 0 Å². The van der Waals surface area contributed by atoms with Gasteiger partial charge in [0.25, 0.3) is 0 Å². The highest BCUT2D eigenvalue weighted by Gasteiger charge is 2.19. The third kappa shape index (κ3) is 2.70. The molecule has 2 aromatic carbocycles. The van der Waals surface area contributed by atoms with Crippen LogP contribution in [0.3, 0.4) is 0 Å². The number of phenols is 4. The zero-order valence-corrected chi connectivity index (χ0v) is 10.8. The summed E-state index contributed by atoms with van der Waals surface area (Å²) < 4.78 is 4.82. The Morgan fingerprint density at radius 2 is 1.50 bits per heavy atom. The van der Waals surface area contributed by atoms with Gasteiger partial charge in [-0.05, 0) is 24.3 Å². The van der Waals surface area contributed by atoms with Crippen LogP contribution in [0, 0.1) is 0 Å². The second-order valence-electron chi connectivity index (χ2n) is 4.21. The number of carboxylic acid groups (broad SMARTS) is 1. The van der Waals surface area contributed by atoms with Gasteiger partial charge in [-0.1, -0.05) is 6.07 Å². The first-order chi connectivity index (χ1) is 10.3. The molecule has 0 aliphatic rings. The Kier molecular flexibility index (Phi) is 3.76. The Morgan fingerprint density at radius 3 is 2.05 bits per heavy atom. The summed E-state index contributed by atoms with van der Waals surface area (Å²) >= 11 is 0. The average Bonchev–Trinajstić information content (AvgIpc) is 2.46. The number of carbonyl (C=O) groups excluding carboxylic acids is 1. The molecule has 8 nitrogen and oxygen atoms in total. The largest absolute Gasteiger partial charge is 0.504 e. The van der Waals surface area contributed by atoms with Crippen molar-refractivity contribution in [1.82, 2.24) is 0 Å². The van der Waals surface area contributed by atoms with E-state index in [9.17, 15) is 30.0 Å². The lowest BCUT2D eigenvalue weighted by molar-refractivity contribution is 0.0680. The summed E-state index contributed by atoms with van der Waals surface area (Å²) in [6.07, 6.45) is 0. The van der Waals surface area contributed by atoms with Crippen LogP contribution in [0.25, 0.3) is 0 Å². The molecule has 0 unspecified atom stereocenters. The van der Waals surface area contributed by atoms with Gasteiger partial charge in [-0.2, -0.15) is 0 Å². The third-order valence-electron chi connectivity index (χ3n) is 2.74. The quantitative estimate of drug-likeness (QED) is 0.325. The molecule has 0 fully saturated rings. The molecule has 8 heteroatoms. The van der Waals surface area contributed by atoms with Crippen LogP contribution in [0.15, 0.2) is 30.3 Å². The molecule has 2 rings (SSSR count). The van der Waals surface area contributed by atoms with Crippen molar-refractivity contribution in [2.45, 2.75) is 0 Å². The standard InChI is InChI=1S/C14H10O8/c15-8-4-6(5-9(16)12(8)18)14(21)22-10-3-1-2-7(11(10)17)13(19)20/h1-5,15-18H,(H,19,20). The van der Waals surface area contributed by atoms with Crippen molar-refractivity contribution >= 4 is 11.9 Å². The number of aromatic hydroxyl groups is 4. The third-order valence-corrected chi connectivity index (χ3v) is 2.74. The molecule has 0 aliphatic heterocycles.